The van der Waals surface area contributed by atoms with E-state index in [1.54, 1.807) is 17.3 Å². The van der Waals surface area contributed by atoms with Crippen LogP contribution in [0.2, 0.25) is 0 Å². The van der Waals surface area contributed by atoms with Crippen molar-refractivity contribution in [2.75, 3.05) is 38.1 Å². The Labute approximate surface area is 182 Å². The monoisotopic (exact) mass is 423 g/mol. The van der Waals surface area contributed by atoms with Gasteiger partial charge in [-0.1, -0.05) is 12.1 Å². The highest BCUT2D eigenvalue weighted by Crippen LogP contribution is 2.23. The maximum absolute atomic E-state index is 12.7. The number of amides is 2. The van der Waals surface area contributed by atoms with Crippen molar-refractivity contribution in [3.05, 3.63) is 42.2 Å². The van der Waals surface area contributed by atoms with E-state index in [9.17, 15) is 14.7 Å². The summed E-state index contributed by atoms with van der Waals surface area (Å²) < 4.78 is 0. The van der Waals surface area contributed by atoms with Crippen molar-refractivity contribution >= 4 is 18.1 Å². The number of hydrogen-bond acceptors (Lipinski definition) is 6. The van der Waals surface area contributed by atoms with Gasteiger partial charge < -0.3 is 20.2 Å². The number of aromatic nitrogens is 2. The summed E-state index contributed by atoms with van der Waals surface area (Å²) in [5.41, 5.74) is 2.27. The van der Waals surface area contributed by atoms with Crippen LogP contribution in [0, 0.1) is 5.92 Å². The number of benzene rings is 1. The highest BCUT2D eigenvalue weighted by atomic mass is 16.3. The molecule has 0 radical (unpaired) electrons. The van der Waals surface area contributed by atoms with Crippen LogP contribution in [0.25, 0.3) is 11.3 Å². The molecule has 1 aromatic carbocycles. The van der Waals surface area contributed by atoms with Gasteiger partial charge in [0, 0.05) is 37.3 Å². The number of aliphatic hydroxyl groups excluding tert-OH is 1. The molecule has 2 saturated heterocycles. The van der Waals surface area contributed by atoms with Crippen LogP contribution in [0.5, 0.6) is 0 Å². The number of rotatable bonds is 7. The number of hydrogen-bond donors (Lipinski definition) is 2. The average molecular weight is 424 g/mol. The lowest BCUT2D eigenvalue weighted by atomic mass is 9.97. The molecule has 3 heterocycles. The quantitative estimate of drug-likeness (QED) is 0.661. The zero-order valence-electron chi connectivity index (χ0n) is 17.6. The Morgan fingerprint density at radius 3 is 2.52 bits per heavy atom. The van der Waals surface area contributed by atoms with Crippen molar-refractivity contribution in [1.82, 2.24) is 19.8 Å². The van der Waals surface area contributed by atoms with Crippen molar-refractivity contribution < 1.29 is 14.7 Å². The van der Waals surface area contributed by atoms with E-state index in [1.807, 2.05) is 29.2 Å². The van der Waals surface area contributed by atoms with Gasteiger partial charge in [0.2, 0.25) is 6.41 Å². The topological polar surface area (TPSA) is 98.7 Å². The first-order chi connectivity index (χ1) is 15.2. The maximum atomic E-state index is 12.7. The van der Waals surface area contributed by atoms with E-state index in [0.29, 0.717) is 18.0 Å². The van der Waals surface area contributed by atoms with Crippen LogP contribution in [0.3, 0.4) is 0 Å². The molecule has 1 aromatic heterocycles. The van der Waals surface area contributed by atoms with Crippen LogP contribution in [0.4, 0.5) is 5.82 Å². The minimum atomic E-state index is -0.0735. The van der Waals surface area contributed by atoms with Crippen LogP contribution in [-0.2, 0) is 4.79 Å². The van der Waals surface area contributed by atoms with Crippen molar-refractivity contribution in [3.8, 4) is 11.3 Å². The first kappa shape index (κ1) is 21.2. The Morgan fingerprint density at radius 2 is 1.87 bits per heavy atom. The van der Waals surface area contributed by atoms with Crippen molar-refractivity contribution in [2.45, 2.75) is 31.7 Å². The molecule has 8 heteroatoms. The molecule has 2 aliphatic heterocycles. The molecule has 4 rings (SSSR count). The van der Waals surface area contributed by atoms with E-state index in [1.165, 1.54) is 0 Å². The molecule has 0 aliphatic carbocycles. The lowest BCUT2D eigenvalue weighted by Crippen LogP contribution is -2.37. The van der Waals surface area contributed by atoms with Gasteiger partial charge in [0.1, 0.15) is 5.82 Å². The summed E-state index contributed by atoms with van der Waals surface area (Å²) >= 11 is 0. The van der Waals surface area contributed by atoms with Gasteiger partial charge in [-0.25, -0.2) is 4.98 Å². The second-order valence-electron chi connectivity index (χ2n) is 8.31. The molecule has 0 bridgehead atoms. The number of carbonyl (C=O) groups excluding carboxylic acids is 2. The number of carbonyl (C=O) groups is 2. The molecule has 2 N–H and O–H groups in total. The Bertz CT molecular complexity index is 879. The standard InChI is InChI=1S/C23H29N5O3/c29-15-20-2-1-9-28(20)23(31)19-5-3-18(4-6-19)21-13-26-22(14-24-21)25-12-17-7-10-27(16-30)11-8-17/h3-6,13-14,16-17,20,29H,1-2,7-12,15H2,(H,25,26). The fourth-order valence-electron chi connectivity index (χ4n) is 4.32. The van der Waals surface area contributed by atoms with Gasteiger partial charge in [-0.3, -0.25) is 14.6 Å². The van der Waals surface area contributed by atoms with Crippen molar-refractivity contribution in [2.24, 2.45) is 5.92 Å². The molecular formula is C23H29N5O3. The largest absolute Gasteiger partial charge is 0.394 e. The fraction of sp³-hybridized carbons (Fsp3) is 0.478. The van der Waals surface area contributed by atoms with Gasteiger partial charge in [-0.05, 0) is 43.7 Å². The van der Waals surface area contributed by atoms with Crippen LogP contribution in [-0.4, -0.2) is 76.0 Å². The van der Waals surface area contributed by atoms with Crippen LogP contribution in [0.15, 0.2) is 36.7 Å². The summed E-state index contributed by atoms with van der Waals surface area (Å²) in [4.78, 5) is 36.1. The molecule has 164 valence electrons. The van der Waals surface area contributed by atoms with Gasteiger partial charge in [0.05, 0.1) is 30.7 Å². The molecule has 31 heavy (non-hydrogen) atoms. The highest BCUT2D eigenvalue weighted by molar-refractivity contribution is 5.95. The van der Waals surface area contributed by atoms with Crippen molar-refractivity contribution in [3.63, 3.8) is 0 Å². The summed E-state index contributed by atoms with van der Waals surface area (Å²) in [7, 11) is 0. The van der Waals surface area contributed by atoms with E-state index >= 15 is 0 Å². The summed E-state index contributed by atoms with van der Waals surface area (Å²) in [5.74, 6) is 1.23. The van der Waals surface area contributed by atoms with Crippen molar-refractivity contribution in [1.29, 1.82) is 0 Å². The van der Waals surface area contributed by atoms with E-state index in [-0.39, 0.29) is 18.6 Å². The average Bonchev–Trinajstić information content (AvgIpc) is 3.32. The number of anilines is 1. The molecule has 1 atom stereocenters. The number of likely N-dealkylation sites (tertiary alicyclic amines) is 2. The molecule has 8 nitrogen and oxygen atoms in total. The Kier molecular flexibility index (Phi) is 6.76. The minimum Gasteiger partial charge on any atom is -0.394 e. The fourth-order valence-corrected chi connectivity index (χ4v) is 4.32. The number of piperidine rings is 1. The zero-order valence-corrected chi connectivity index (χ0v) is 17.6. The highest BCUT2D eigenvalue weighted by Gasteiger charge is 2.28. The third kappa shape index (κ3) is 5.02. The summed E-state index contributed by atoms with van der Waals surface area (Å²) in [6.07, 6.45) is 8.17. The third-order valence-corrected chi connectivity index (χ3v) is 6.30. The number of aliphatic hydroxyl groups is 1. The van der Waals surface area contributed by atoms with Gasteiger partial charge in [0.15, 0.2) is 0 Å². The zero-order chi connectivity index (χ0) is 21.6. The molecule has 2 aliphatic rings. The smallest absolute Gasteiger partial charge is 0.254 e. The number of nitrogens with one attached hydrogen (secondary N) is 1. The minimum absolute atomic E-state index is 0.0116. The van der Waals surface area contributed by atoms with Gasteiger partial charge in [-0.2, -0.15) is 0 Å². The SMILES string of the molecule is O=CN1CCC(CNc2cnc(-c3ccc(C(=O)N4CCCC4CO)cc3)cn2)CC1. The predicted molar refractivity (Wildman–Crippen MR) is 117 cm³/mol. The lowest BCUT2D eigenvalue weighted by Gasteiger charge is -2.29. The maximum Gasteiger partial charge on any atom is 0.254 e. The second kappa shape index (κ2) is 9.87. The molecular weight excluding hydrogens is 394 g/mol. The van der Waals surface area contributed by atoms with Gasteiger partial charge in [0.25, 0.3) is 5.91 Å². The molecule has 0 saturated carbocycles. The molecule has 2 amide bonds. The predicted octanol–water partition coefficient (Wildman–Crippen LogP) is 2.02. The summed E-state index contributed by atoms with van der Waals surface area (Å²) in [5, 5.41) is 12.8. The van der Waals surface area contributed by atoms with Gasteiger partial charge >= 0.3 is 0 Å². The number of nitrogens with zero attached hydrogens (tertiary/aromatic N) is 4. The van der Waals surface area contributed by atoms with Crippen LogP contribution < -0.4 is 5.32 Å². The third-order valence-electron chi connectivity index (χ3n) is 6.30. The first-order valence-electron chi connectivity index (χ1n) is 11.0. The first-order valence-corrected chi connectivity index (χ1v) is 11.0. The van der Waals surface area contributed by atoms with E-state index in [0.717, 1.165) is 68.8 Å². The lowest BCUT2D eigenvalue weighted by molar-refractivity contribution is -0.119. The molecule has 2 fully saturated rings. The van der Waals surface area contributed by atoms with Crippen LogP contribution >= 0.6 is 0 Å². The Hall–Kier alpha value is -3.00. The Morgan fingerprint density at radius 1 is 1.10 bits per heavy atom. The molecule has 2 aromatic rings. The van der Waals surface area contributed by atoms with E-state index < -0.39 is 0 Å². The molecule has 1 unspecified atom stereocenters. The Balaban J connectivity index is 1.32. The van der Waals surface area contributed by atoms with E-state index in [4.69, 9.17) is 0 Å². The second-order valence-corrected chi connectivity index (χ2v) is 8.31. The van der Waals surface area contributed by atoms with Crippen LogP contribution in [0.1, 0.15) is 36.0 Å². The van der Waals surface area contributed by atoms with E-state index in [2.05, 4.69) is 15.3 Å². The molecule has 0 spiro atoms. The normalized spacial score (nSPS) is 19.5. The van der Waals surface area contributed by atoms with Gasteiger partial charge in [-0.15, -0.1) is 0 Å². The summed E-state index contributed by atoms with van der Waals surface area (Å²) in [6.45, 7) is 3.16. The summed E-state index contributed by atoms with van der Waals surface area (Å²) in [6, 6.07) is 7.31.